The molecule has 0 saturated carbocycles. The van der Waals surface area contributed by atoms with E-state index in [0.29, 0.717) is 11.3 Å². The van der Waals surface area contributed by atoms with Crippen molar-refractivity contribution in [1.82, 2.24) is 4.98 Å². The Balaban J connectivity index is 2.98. The summed E-state index contributed by atoms with van der Waals surface area (Å²) in [5.41, 5.74) is -1.41. The number of hydrogen-bond donors (Lipinski definition) is 2. The lowest BCUT2D eigenvalue weighted by Crippen LogP contribution is -2.34. The highest BCUT2D eigenvalue weighted by Crippen LogP contribution is 2.38. The van der Waals surface area contributed by atoms with Crippen LogP contribution in [0.5, 0.6) is 0 Å². The van der Waals surface area contributed by atoms with Crippen molar-refractivity contribution in [3.63, 3.8) is 0 Å². The highest BCUT2D eigenvalue weighted by Gasteiger charge is 2.38. The topological polar surface area (TPSA) is 53.4 Å². The Morgan fingerprint density at radius 2 is 1.88 bits per heavy atom. The van der Waals surface area contributed by atoms with Gasteiger partial charge in [0.15, 0.2) is 5.01 Å². The first-order valence-corrected chi connectivity index (χ1v) is 5.99. The molecule has 98 valence electrons. The Kier molecular flexibility index (Phi) is 4.16. The number of nitrogens with zero attached hydrogens (tertiary/aromatic N) is 1. The summed E-state index contributed by atoms with van der Waals surface area (Å²) in [4.78, 5) is 3.24. The van der Waals surface area contributed by atoms with E-state index < -0.39 is 22.9 Å². The fourth-order valence-electron chi connectivity index (χ4n) is 1.45. The highest BCUT2D eigenvalue weighted by molar-refractivity contribution is 7.11. The zero-order chi connectivity index (χ0) is 13.3. The lowest BCUT2D eigenvalue weighted by Gasteiger charge is -2.29. The van der Waals surface area contributed by atoms with E-state index in [9.17, 15) is 23.4 Å². The molecule has 0 spiro atoms. The van der Waals surface area contributed by atoms with Crippen LogP contribution in [0.4, 0.5) is 13.2 Å². The van der Waals surface area contributed by atoms with Crippen molar-refractivity contribution in [3.8, 4) is 0 Å². The van der Waals surface area contributed by atoms with Gasteiger partial charge in [0.05, 0.1) is 10.5 Å². The molecular formula is C10H14F3NO2S. The van der Waals surface area contributed by atoms with E-state index in [1.807, 2.05) is 0 Å². The molecule has 1 rings (SSSR count). The van der Waals surface area contributed by atoms with Gasteiger partial charge in [-0.05, 0) is 12.8 Å². The summed E-state index contributed by atoms with van der Waals surface area (Å²) in [6.07, 6.45) is -4.38. The molecule has 1 atom stereocenters. The number of halogens is 3. The Bertz CT molecular complexity index is 374. The minimum absolute atomic E-state index is 0.0310. The lowest BCUT2D eigenvalue weighted by atomic mass is 9.90. The minimum Gasteiger partial charge on any atom is -0.387 e. The van der Waals surface area contributed by atoms with Crippen LogP contribution in [0.25, 0.3) is 0 Å². The van der Waals surface area contributed by atoms with Crippen molar-refractivity contribution in [2.45, 2.75) is 44.6 Å². The summed E-state index contributed by atoms with van der Waals surface area (Å²) in [5.74, 6) is 0. The Morgan fingerprint density at radius 3 is 2.24 bits per heavy atom. The molecule has 0 bridgehead atoms. The molecule has 3 nitrogen and oxygen atoms in total. The third-order valence-corrected chi connectivity index (χ3v) is 3.86. The molecule has 0 aliphatic carbocycles. The summed E-state index contributed by atoms with van der Waals surface area (Å²) < 4.78 is 37.0. The van der Waals surface area contributed by atoms with Crippen LogP contribution in [0, 0.1) is 0 Å². The largest absolute Gasteiger partial charge is 0.443 e. The molecule has 1 aromatic rings. The van der Waals surface area contributed by atoms with E-state index in [4.69, 9.17) is 0 Å². The van der Waals surface area contributed by atoms with Crippen LogP contribution in [0.2, 0.25) is 0 Å². The maximum Gasteiger partial charge on any atom is 0.443 e. The zero-order valence-electron chi connectivity index (χ0n) is 9.45. The van der Waals surface area contributed by atoms with Gasteiger partial charge in [0.25, 0.3) is 0 Å². The predicted octanol–water partition coefficient (Wildman–Crippen LogP) is 2.75. The molecule has 7 heteroatoms. The number of hydrogen-bond acceptors (Lipinski definition) is 4. The SMILES string of the molecule is CCC(O)(CC)C(O)c1cnc(C(F)(F)F)s1. The number of thiazole rings is 1. The summed E-state index contributed by atoms with van der Waals surface area (Å²) in [6.45, 7) is 3.33. The van der Waals surface area contributed by atoms with Crippen LogP contribution < -0.4 is 0 Å². The van der Waals surface area contributed by atoms with E-state index in [1.165, 1.54) is 0 Å². The molecular weight excluding hydrogens is 255 g/mol. The van der Waals surface area contributed by atoms with Crippen LogP contribution in [-0.4, -0.2) is 20.8 Å². The third kappa shape index (κ3) is 2.97. The number of aromatic nitrogens is 1. The summed E-state index contributed by atoms with van der Waals surface area (Å²) in [6, 6.07) is 0. The fraction of sp³-hybridized carbons (Fsp3) is 0.700. The van der Waals surface area contributed by atoms with E-state index >= 15 is 0 Å². The van der Waals surface area contributed by atoms with Crippen molar-refractivity contribution in [2.75, 3.05) is 0 Å². The molecule has 0 amide bonds. The Hall–Kier alpha value is -0.660. The Labute approximate surface area is 101 Å². The summed E-state index contributed by atoms with van der Waals surface area (Å²) >= 11 is 0.359. The van der Waals surface area contributed by atoms with Crippen LogP contribution in [0.3, 0.4) is 0 Å². The molecule has 1 unspecified atom stereocenters. The molecule has 0 aliphatic rings. The van der Waals surface area contributed by atoms with Crippen molar-refractivity contribution >= 4 is 11.3 Å². The van der Waals surface area contributed by atoms with Crippen LogP contribution in [0.15, 0.2) is 6.20 Å². The first-order chi connectivity index (χ1) is 7.74. The fourth-order valence-corrected chi connectivity index (χ4v) is 2.33. The van der Waals surface area contributed by atoms with Gasteiger partial charge in [-0.3, -0.25) is 0 Å². The standard InChI is InChI=1S/C10H14F3NO2S/c1-3-9(16,4-2)7(15)6-5-14-8(17-6)10(11,12)13/h5,7,15-16H,3-4H2,1-2H3. The summed E-state index contributed by atoms with van der Waals surface area (Å²) in [7, 11) is 0. The van der Waals surface area contributed by atoms with Crippen LogP contribution in [-0.2, 0) is 6.18 Å². The maximum atomic E-state index is 12.3. The van der Waals surface area contributed by atoms with E-state index in [2.05, 4.69) is 4.98 Å². The highest BCUT2D eigenvalue weighted by atomic mass is 32.1. The molecule has 1 heterocycles. The first-order valence-electron chi connectivity index (χ1n) is 5.18. The molecule has 0 aromatic carbocycles. The van der Waals surface area contributed by atoms with Crippen LogP contribution >= 0.6 is 11.3 Å². The third-order valence-electron chi connectivity index (χ3n) is 2.77. The average Bonchev–Trinajstić information content (AvgIpc) is 2.75. The van der Waals surface area contributed by atoms with Gasteiger partial charge in [-0.15, -0.1) is 11.3 Å². The molecule has 2 N–H and O–H groups in total. The van der Waals surface area contributed by atoms with Gasteiger partial charge in [-0.2, -0.15) is 13.2 Å². The van der Waals surface area contributed by atoms with Gasteiger partial charge in [0.1, 0.15) is 6.10 Å². The number of rotatable bonds is 4. The van der Waals surface area contributed by atoms with E-state index in [-0.39, 0.29) is 17.7 Å². The van der Waals surface area contributed by atoms with Crippen molar-refractivity contribution in [3.05, 3.63) is 16.1 Å². The molecule has 17 heavy (non-hydrogen) atoms. The molecule has 0 aliphatic heterocycles. The van der Waals surface area contributed by atoms with E-state index in [1.54, 1.807) is 13.8 Å². The second kappa shape index (κ2) is 4.91. The quantitative estimate of drug-likeness (QED) is 0.883. The average molecular weight is 269 g/mol. The van der Waals surface area contributed by atoms with Crippen molar-refractivity contribution < 1.29 is 23.4 Å². The van der Waals surface area contributed by atoms with Gasteiger partial charge < -0.3 is 10.2 Å². The van der Waals surface area contributed by atoms with E-state index in [0.717, 1.165) is 6.20 Å². The van der Waals surface area contributed by atoms with Crippen molar-refractivity contribution in [1.29, 1.82) is 0 Å². The zero-order valence-corrected chi connectivity index (χ0v) is 10.3. The van der Waals surface area contributed by atoms with Crippen LogP contribution in [0.1, 0.15) is 42.7 Å². The maximum absolute atomic E-state index is 12.3. The van der Waals surface area contributed by atoms with Gasteiger partial charge in [0.2, 0.25) is 0 Å². The van der Waals surface area contributed by atoms with Gasteiger partial charge in [-0.25, -0.2) is 4.98 Å². The molecule has 1 aromatic heterocycles. The second-order valence-electron chi connectivity index (χ2n) is 3.78. The lowest BCUT2D eigenvalue weighted by molar-refractivity contribution is -0.137. The number of aliphatic hydroxyl groups excluding tert-OH is 1. The number of alkyl halides is 3. The van der Waals surface area contributed by atoms with Gasteiger partial charge in [-0.1, -0.05) is 13.8 Å². The first kappa shape index (κ1) is 14.4. The van der Waals surface area contributed by atoms with Gasteiger partial charge in [0, 0.05) is 6.20 Å². The monoisotopic (exact) mass is 269 g/mol. The number of aliphatic hydroxyl groups is 2. The van der Waals surface area contributed by atoms with Gasteiger partial charge >= 0.3 is 6.18 Å². The Morgan fingerprint density at radius 1 is 1.35 bits per heavy atom. The molecule has 0 radical (unpaired) electrons. The van der Waals surface area contributed by atoms with Crippen molar-refractivity contribution in [2.24, 2.45) is 0 Å². The predicted molar refractivity (Wildman–Crippen MR) is 57.6 cm³/mol. The second-order valence-corrected chi connectivity index (χ2v) is 4.84. The molecule has 0 fully saturated rings. The minimum atomic E-state index is -4.51. The summed E-state index contributed by atoms with van der Waals surface area (Å²) in [5, 5.41) is 18.9. The molecule has 0 saturated heterocycles. The normalized spacial score (nSPS) is 15.0. The smallest absolute Gasteiger partial charge is 0.387 e.